The van der Waals surface area contributed by atoms with Crippen LogP contribution in [0.25, 0.3) is 42.3 Å². The zero-order valence-electron chi connectivity index (χ0n) is 51.4. The molecule has 0 N–H and O–H groups in total. The minimum absolute atomic E-state index is 0.000619. The van der Waals surface area contributed by atoms with Crippen molar-refractivity contribution < 1.29 is 4.42 Å². The summed E-state index contributed by atoms with van der Waals surface area (Å²) < 4.78 is 10.6. The topological polar surface area (TPSA) is 19.6 Å². The van der Waals surface area contributed by atoms with Crippen molar-refractivity contribution >= 4 is 99.9 Å². The molecule has 5 heteroatoms. The van der Waals surface area contributed by atoms with Crippen LogP contribution in [0.4, 0.5) is 34.1 Å². The maximum Gasteiger partial charge on any atom is 0.297 e. The maximum atomic E-state index is 7.91. The van der Waals surface area contributed by atoms with Gasteiger partial charge in [-0.15, -0.1) is 11.3 Å². The summed E-state index contributed by atoms with van der Waals surface area (Å²) in [6.45, 7) is 39.5. The summed E-state index contributed by atoms with van der Waals surface area (Å²) in [5, 5.41) is 3.87. The van der Waals surface area contributed by atoms with Crippen LogP contribution < -0.4 is 26.4 Å². The Balaban J connectivity index is 1.12. The quantitative estimate of drug-likeness (QED) is 0.164. The van der Waals surface area contributed by atoms with E-state index in [9.17, 15) is 0 Å². The van der Waals surface area contributed by atoms with Crippen LogP contribution in [0.5, 0.6) is 0 Å². The van der Waals surface area contributed by atoms with Crippen LogP contribution in [0.2, 0.25) is 0 Å². The van der Waals surface area contributed by atoms with E-state index >= 15 is 0 Å². The highest BCUT2D eigenvalue weighted by atomic mass is 32.1. The van der Waals surface area contributed by atoms with Crippen molar-refractivity contribution in [2.75, 3.05) is 9.80 Å². The molecule has 0 radical (unpaired) electrons. The van der Waals surface area contributed by atoms with Gasteiger partial charge in [-0.25, -0.2) is 0 Å². The molecule has 2 aliphatic heterocycles. The molecule has 0 amide bonds. The first-order valence-corrected chi connectivity index (χ1v) is 31.7. The fraction of sp³-hybridized carbons (Fsp3) is 0.421. The Labute approximate surface area is 487 Å². The molecule has 412 valence electrons. The Kier molecular flexibility index (Phi) is 10.5. The monoisotopic (exact) mass is 1080 g/mol. The molecular weight excluding hydrogens is 1000 g/mol. The summed E-state index contributed by atoms with van der Waals surface area (Å²) in [4.78, 5) is 5.45. The van der Waals surface area contributed by atoms with E-state index in [0.29, 0.717) is 0 Å². The third kappa shape index (κ3) is 7.31. The normalized spacial score (nSPS) is 21.4. The summed E-state index contributed by atoms with van der Waals surface area (Å²) in [7, 11) is 0. The SMILES string of the molecule is CC1(C)CCC(C)(C)c2cc(N3c4cc5c(cc4B4c6oc7cc8c(cc7c6N(c6ccc7c(c6)C(C)(C)CCC7(C)C)c6cc(-c7cccc9c7sc7ccccc79)cc3c64)C(C)(C)CCC8(C)C)C(C)(C)CCC5(C)C)ccc21. The van der Waals surface area contributed by atoms with Crippen molar-refractivity contribution in [2.24, 2.45) is 0 Å². The van der Waals surface area contributed by atoms with Crippen molar-refractivity contribution in [1.82, 2.24) is 0 Å². The lowest BCUT2D eigenvalue weighted by Crippen LogP contribution is -2.61. The van der Waals surface area contributed by atoms with Gasteiger partial charge < -0.3 is 14.2 Å². The van der Waals surface area contributed by atoms with Gasteiger partial charge in [0.1, 0.15) is 5.58 Å². The molecule has 4 heterocycles. The molecule has 2 aromatic heterocycles. The zero-order chi connectivity index (χ0) is 56.7. The Morgan fingerprint density at radius 3 is 1.42 bits per heavy atom. The van der Waals surface area contributed by atoms with E-state index in [1.165, 1.54) is 139 Å². The predicted molar refractivity (Wildman–Crippen MR) is 350 cm³/mol. The van der Waals surface area contributed by atoms with Crippen molar-refractivity contribution in [1.29, 1.82) is 0 Å². The summed E-state index contributed by atoms with van der Waals surface area (Å²) in [6.07, 6.45) is 9.26. The van der Waals surface area contributed by atoms with Gasteiger partial charge in [-0.2, -0.15) is 0 Å². The number of anilines is 6. The third-order valence-electron chi connectivity index (χ3n) is 22.5. The van der Waals surface area contributed by atoms with Crippen LogP contribution in [0.1, 0.15) is 207 Å². The first-order chi connectivity index (χ1) is 38.1. The molecule has 0 saturated carbocycles. The molecule has 0 fully saturated rings. The van der Waals surface area contributed by atoms with E-state index in [0.717, 1.165) is 49.8 Å². The van der Waals surface area contributed by atoms with Crippen LogP contribution in [0.3, 0.4) is 0 Å². The van der Waals surface area contributed by atoms with Crippen LogP contribution in [0, 0.1) is 0 Å². The number of hydrogen-bond acceptors (Lipinski definition) is 4. The van der Waals surface area contributed by atoms with E-state index in [-0.39, 0.29) is 50.0 Å². The van der Waals surface area contributed by atoms with E-state index in [1.54, 1.807) is 0 Å². The van der Waals surface area contributed by atoms with E-state index in [2.05, 4.69) is 236 Å². The third-order valence-corrected chi connectivity index (χ3v) is 23.7. The second-order valence-electron chi connectivity index (χ2n) is 31.5. The van der Waals surface area contributed by atoms with Gasteiger partial charge in [0.25, 0.3) is 6.71 Å². The molecule has 0 bridgehead atoms. The fourth-order valence-electron chi connectivity index (χ4n) is 16.7. The van der Waals surface area contributed by atoms with Crippen LogP contribution in [-0.4, -0.2) is 6.71 Å². The number of hydrogen-bond donors (Lipinski definition) is 0. The van der Waals surface area contributed by atoms with Crippen LogP contribution >= 0.6 is 11.3 Å². The second kappa shape index (κ2) is 16.4. The summed E-state index contributed by atoms with van der Waals surface area (Å²) >= 11 is 1.94. The van der Waals surface area contributed by atoms with Gasteiger partial charge in [-0.05, 0) is 222 Å². The number of benzene rings is 7. The maximum absolute atomic E-state index is 7.91. The molecule has 0 unspecified atom stereocenters. The molecular formula is C76H83BN2OS. The number of furan rings is 1. The van der Waals surface area contributed by atoms with Gasteiger partial charge in [0.05, 0.1) is 11.3 Å². The highest BCUT2D eigenvalue weighted by Gasteiger charge is 2.51. The lowest BCUT2D eigenvalue weighted by Gasteiger charge is -2.47. The second-order valence-corrected chi connectivity index (χ2v) is 32.6. The number of nitrogens with zero attached hydrogens (tertiary/aromatic N) is 2. The fourth-order valence-corrected chi connectivity index (χ4v) is 17.9. The van der Waals surface area contributed by atoms with Gasteiger partial charge in [-0.1, -0.05) is 165 Å². The Morgan fingerprint density at radius 1 is 0.395 bits per heavy atom. The molecule has 9 aromatic rings. The Bertz CT molecular complexity index is 4220. The molecule has 0 saturated heterocycles. The van der Waals surface area contributed by atoms with Gasteiger partial charge in [0.2, 0.25) is 0 Å². The minimum atomic E-state index is -0.167. The van der Waals surface area contributed by atoms with Crippen LogP contribution in [0.15, 0.2) is 120 Å². The molecule has 0 spiro atoms. The van der Waals surface area contributed by atoms with E-state index in [1.807, 2.05) is 11.3 Å². The van der Waals surface area contributed by atoms with E-state index in [4.69, 9.17) is 4.42 Å². The standard InChI is InChI=1S/C76H83BN2OS/c1-69(2)28-30-71(5,6)53-38-45(24-26-51(53)69)78-60-42-57-56(74(11,12)33-34-75(57,13)14)41-59(60)77-65-61(78)36-44(47-21-19-22-49-48-20-17-18-23-64(48)81-67(47)49)37-62(65)79(46-25-27-52-54(39-46)72(7,8)31-29-70(52,3)4)66-50-40-55-58(43-63(50)80-68(66)77)76(15,16)35-32-73(55,9)10/h17-27,36-43H,28-35H2,1-16H3. The Hall–Kier alpha value is -6.04. The smallest absolute Gasteiger partial charge is 0.297 e. The Morgan fingerprint density at radius 2 is 0.852 bits per heavy atom. The van der Waals surface area contributed by atoms with Gasteiger partial charge in [0, 0.05) is 54.0 Å². The highest BCUT2D eigenvalue weighted by Crippen LogP contribution is 2.57. The van der Waals surface area contributed by atoms with Gasteiger partial charge in [0.15, 0.2) is 0 Å². The highest BCUT2D eigenvalue weighted by molar-refractivity contribution is 7.26. The number of fused-ring (bicyclic) bond motifs is 13. The van der Waals surface area contributed by atoms with Crippen molar-refractivity contribution in [2.45, 2.75) is 205 Å². The first-order valence-electron chi connectivity index (χ1n) is 30.9. The summed E-state index contributed by atoms with van der Waals surface area (Å²) in [5.41, 5.74) is 26.7. The number of rotatable bonds is 3. The van der Waals surface area contributed by atoms with Crippen molar-refractivity contribution in [3.8, 4) is 11.1 Å². The zero-order valence-corrected chi connectivity index (χ0v) is 52.2. The average Bonchev–Trinajstić information content (AvgIpc) is 2.73. The van der Waals surface area contributed by atoms with Crippen molar-refractivity contribution in [3.05, 3.63) is 160 Å². The van der Waals surface area contributed by atoms with Gasteiger partial charge >= 0.3 is 0 Å². The average molecular weight is 1080 g/mol. The minimum Gasteiger partial charge on any atom is -0.468 e. The number of thiophene rings is 1. The first kappa shape index (κ1) is 51.8. The molecule has 6 aliphatic rings. The summed E-state index contributed by atoms with van der Waals surface area (Å²) in [5.74, 6) is 0. The summed E-state index contributed by atoms with van der Waals surface area (Å²) in [6, 6.07) is 47.0. The van der Waals surface area contributed by atoms with Crippen LogP contribution in [-0.2, 0) is 43.3 Å². The predicted octanol–water partition coefficient (Wildman–Crippen LogP) is 19.9. The van der Waals surface area contributed by atoms with E-state index < -0.39 is 0 Å². The lowest BCUT2D eigenvalue weighted by atomic mass is 9.35. The molecule has 3 nitrogen and oxygen atoms in total. The molecule has 4 aliphatic carbocycles. The largest absolute Gasteiger partial charge is 0.468 e. The molecule has 15 rings (SSSR count). The van der Waals surface area contributed by atoms with Gasteiger partial charge in [-0.3, -0.25) is 0 Å². The molecule has 81 heavy (non-hydrogen) atoms. The lowest BCUT2D eigenvalue weighted by molar-refractivity contribution is 0.332. The molecule has 0 atom stereocenters. The van der Waals surface area contributed by atoms with Crippen molar-refractivity contribution in [3.63, 3.8) is 0 Å². The molecule has 7 aromatic carbocycles.